The molecule has 0 aliphatic rings. The second-order valence-corrected chi connectivity index (χ2v) is 5.24. The van der Waals surface area contributed by atoms with Crippen LogP contribution in [0, 0.1) is 11.7 Å². The zero-order valence-electron chi connectivity index (χ0n) is 11.5. The average molecular weight is 298 g/mol. The molecule has 6 heteroatoms. The lowest BCUT2D eigenvalue weighted by Crippen LogP contribution is -2.12. The maximum atomic E-state index is 13.4. The number of hydrogen-bond acceptors (Lipinski definition) is 3. The molecule has 108 valence electrons. The molecule has 2 aromatic rings. The fourth-order valence-corrected chi connectivity index (χ4v) is 1.98. The lowest BCUT2D eigenvalue weighted by atomic mass is 10.2. The number of benzene rings is 1. The molecule has 1 aromatic carbocycles. The van der Waals surface area contributed by atoms with Crippen LogP contribution in [0.3, 0.4) is 0 Å². The summed E-state index contributed by atoms with van der Waals surface area (Å²) in [6, 6.07) is 4.44. The van der Waals surface area contributed by atoms with Gasteiger partial charge in [0.05, 0.1) is 0 Å². The fourth-order valence-electron chi connectivity index (χ4n) is 1.83. The zero-order valence-corrected chi connectivity index (χ0v) is 12.3. The van der Waals surface area contributed by atoms with Crippen molar-refractivity contribution in [3.63, 3.8) is 0 Å². The van der Waals surface area contributed by atoms with Crippen LogP contribution in [0.2, 0.25) is 0 Å². The Labute approximate surface area is 122 Å². The van der Waals surface area contributed by atoms with Gasteiger partial charge in [0.15, 0.2) is 5.82 Å². The van der Waals surface area contributed by atoms with Crippen molar-refractivity contribution >= 4 is 11.6 Å². The first kappa shape index (κ1) is 14.8. The van der Waals surface area contributed by atoms with E-state index in [0.29, 0.717) is 17.2 Å². The van der Waals surface area contributed by atoms with E-state index in [1.807, 2.05) is 0 Å². The Bertz CT molecular complexity index is 571. The summed E-state index contributed by atoms with van der Waals surface area (Å²) in [4.78, 5) is 4.16. The second-order valence-electron chi connectivity index (χ2n) is 4.97. The van der Waals surface area contributed by atoms with Crippen LogP contribution in [-0.4, -0.2) is 14.8 Å². The van der Waals surface area contributed by atoms with Crippen LogP contribution in [0.15, 0.2) is 24.5 Å². The molecule has 0 atom stereocenters. The first-order chi connectivity index (χ1) is 9.58. The molecular formula is C14H17ClFN3O. The van der Waals surface area contributed by atoms with Crippen LogP contribution in [0.4, 0.5) is 4.39 Å². The van der Waals surface area contributed by atoms with Crippen molar-refractivity contribution in [2.24, 2.45) is 5.92 Å². The highest BCUT2D eigenvalue weighted by Gasteiger charge is 2.08. The average Bonchev–Trinajstić information content (AvgIpc) is 2.82. The molecule has 0 spiro atoms. The quantitative estimate of drug-likeness (QED) is 0.767. The topological polar surface area (TPSA) is 39.9 Å². The molecule has 0 bridgehead atoms. The van der Waals surface area contributed by atoms with Crippen molar-refractivity contribution < 1.29 is 9.13 Å². The number of nitrogens with zero attached hydrogens (tertiary/aromatic N) is 3. The summed E-state index contributed by atoms with van der Waals surface area (Å²) >= 11 is 5.70. The summed E-state index contributed by atoms with van der Waals surface area (Å²) in [5, 5.41) is 4.15. The summed E-state index contributed by atoms with van der Waals surface area (Å²) in [5.74, 6) is 1.52. The number of alkyl halides is 1. The zero-order chi connectivity index (χ0) is 14.5. The van der Waals surface area contributed by atoms with Crippen LogP contribution >= 0.6 is 11.6 Å². The minimum absolute atomic E-state index is 0.248. The Morgan fingerprint density at radius 2 is 2.15 bits per heavy atom. The smallest absolute Gasteiger partial charge is 0.164 e. The molecule has 0 amide bonds. The molecule has 0 aliphatic carbocycles. The number of hydrogen-bond donors (Lipinski definition) is 0. The van der Waals surface area contributed by atoms with Crippen LogP contribution in [-0.2, 0) is 19.0 Å². The standard InChI is InChI=1S/C14H17ClFN3O/c1-10(2)7-19-14(17-9-18-19)8-20-13-4-11(6-15)3-12(16)5-13/h3-5,9-10H,6-8H2,1-2H3. The Morgan fingerprint density at radius 1 is 1.35 bits per heavy atom. The molecule has 0 aliphatic heterocycles. The maximum absolute atomic E-state index is 13.4. The van der Waals surface area contributed by atoms with E-state index in [0.717, 1.165) is 12.4 Å². The van der Waals surface area contributed by atoms with E-state index in [1.165, 1.54) is 18.5 Å². The molecule has 0 saturated heterocycles. The van der Waals surface area contributed by atoms with E-state index in [9.17, 15) is 4.39 Å². The van der Waals surface area contributed by atoms with Gasteiger partial charge in [0, 0.05) is 18.5 Å². The predicted molar refractivity (Wildman–Crippen MR) is 75.1 cm³/mol. The molecule has 0 fully saturated rings. The number of aromatic nitrogens is 3. The molecular weight excluding hydrogens is 281 g/mol. The van der Waals surface area contributed by atoms with E-state index < -0.39 is 0 Å². The summed E-state index contributed by atoms with van der Waals surface area (Å²) in [6.45, 7) is 5.23. The van der Waals surface area contributed by atoms with Crippen molar-refractivity contribution in [1.82, 2.24) is 14.8 Å². The normalized spacial score (nSPS) is 11.1. The molecule has 0 saturated carbocycles. The Morgan fingerprint density at radius 3 is 2.85 bits per heavy atom. The largest absolute Gasteiger partial charge is 0.486 e. The van der Waals surface area contributed by atoms with Gasteiger partial charge >= 0.3 is 0 Å². The highest BCUT2D eigenvalue weighted by Crippen LogP contribution is 2.19. The van der Waals surface area contributed by atoms with Gasteiger partial charge in [-0.1, -0.05) is 13.8 Å². The van der Waals surface area contributed by atoms with Crippen LogP contribution in [0.5, 0.6) is 5.75 Å². The van der Waals surface area contributed by atoms with E-state index in [2.05, 4.69) is 23.9 Å². The van der Waals surface area contributed by atoms with E-state index in [1.54, 1.807) is 10.7 Å². The van der Waals surface area contributed by atoms with Crippen molar-refractivity contribution in [1.29, 1.82) is 0 Å². The van der Waals surface area contributed by atoms with Gasteiger partial charge in [0.1, 0.15) is 24.5 Å². The van der Waals surface area contributed by atoms with Crippen LogP contribution in [0.1, 0.15) is 25.2 Å². The van der Waals surface area contributed by atoms with Gasteiger partial charge < -0.3 is 4.74 Å². The molecule has 1 heterocycles. The van der Waals surface area contributed by atoms with Crippen molar-refractivity contribution in [2.45, 2.75) is 32.9 Å². The first-order valence-electron chi connectivity index (χ1n) is 6.43. The lowest BCUT2D eigenvalue weighted by Gasteiger charge is -2.10. The SMILES string of the molecule is CC(C)Cn1ncnc1COc1cc(F)cc(CCl)c1. The Kier molecular flexibility index (Phi) is 4.95. The monoisotopic (exact) mass is 297 g/mol. The van der Waals surface area contributed by atoms with Gasteiger partial charge in [-0.25, -0.2) is 14.1 Å². The Hall–Kier alpha value is -1.62. The van der Waals surface area contributed by atoms with Gasteiger partial charge in [0.25, 0.3) is 0 Å². The van der Waals surface area contributed by atoms with E-state index in [4.69, 9.17) is 16.3 Å². The summed E-state index contributed by atoms with van der Waals surface area (Å²) < 4.78 is 20.7. The van der Waals surface area contributed by atoms with Gasteiger partial charge in [-0.15, -0.1) is 11.6 Å². The fraction of sp³-hybridized carbons (Fsp3) is 0.429. The number of ether oxygens (including phenoxy) is 1. The molecule has 4 nitrogen and oxygen atoms in total. The molecule has 0 N–H and O–H groups in total. The number of halogens is 2. The minimum atomic E-state index is -0.359. The predicted octanol–water partition coefficient (Wildman–Crippen LogP) is 3.39. The van der Waals surface area contributed by atoms with Gasteiger partial charge in [0.2, 0.25) is 0 Å². The summed E-state index contributed by atoms with van der Waals surface area (Å²) in [7, 11) is 0. The minimum Gasteiger partial charge on any atom is -0.486 e. The van der Waals surface area contributed by atoms with E-state index >= 15 is 0 Å². The molecule has 1 aromatic heterocycles. The van der Waals surface area contributed by atoms with Gasteiger partial charge in [-0.3, -0.25) is 0 Å². The second kappa shape index (κ2) is 6.70. The third-order valence-corrected chi connectivity index (χ3v) is 3.00. The van der Waals surface area contributed by atoms with Crippen molar-refractivity contribution in [3.05, 3.63) is 41.7 Å². The molecule has 0 unspecified atom stereocenters. The maximum Gasteiger partial charge on any atom is 0.164 e. The summed E-state index contributed by atoms with van der Waals surface area (Å²) in [5.41, 5.74) is 0.685. The highest BCUT2D eigenvalue weighted by molar-refractivity contribution is 6.17. The van der Waals surface area contributed by atoms with Gasteiger partial charge in [-0.2, -0.15) is 5.10 Å². The van der Waals surface area contributed by atoms with Crippen LogP contribution in [0.25, 0.3) is 0 Å². The molecule has 20 heavy (non-hydrogen) atoms. The van der Waals surface area contributed by atoms with E-state index in [-0.39, 0.29) is 18.3 Å². The lowest BCUT2D eigenvalue weighted by molar-refractivity contribution is 0.281. The summed E-state index contributed by atoms with van der Waals surface area (Å²) in [6.07, 6.45) is 1.50. The van der Waals surface area contributed by atoms with Crippen LogP contribution < -0.4 is 4.74 Å². The highest BCUT2D eigenvalue weighted by atomic mass is 35.5. The van der Waals surface area contributed by atoms with Crippen molar-refractivity contribution in [3.8, 4) is 5.75 Å². The van der Waals surface area contributed by atoms with Crippen molar-refractivity contribution in [2.75, 3.05) is 0 Å². The van der Waals surface area contributed by atoms with Gasteiger partial charge in [-0.05, 0) is 23.6 Å². The Balaban J connectivity index is 2.05. The molecule has 2 rings (SSSR count). The number of rotatable bonds is 6. The third-order valence-electron chi connectivity index (χ3n) is 2.69. The first-order valence-corrected chi connectivity index (χ1v) is 6.97. The molecule has 0 radical (unpaired) electrons. The third kappa shape index (κ3) is 3.93.